The lowest BCUT2D eigenvalue weighted by Gasteiger charge is -2.39. The fraction of sp³-hybridized carbons (Fsp3) is 1.00. The van der Waals surface area contributed by atoms with Gasteiger partial charge in [0.15, 0.2) is 0 Å². The van der Waals surface area contributed by atoms with Crippen molar-refractivity contribution < 1.29 is 0 Å². The Balaban J connectivity index is 1.91. The lowest BCUT2D eigenvalue weighted by Crippen LogP contribution is -2.28. The summed E-state index contributed by atoms with van der Waals surface area (Å²) in [5, 5.41) is 0. The fourth-order valence-electron chi connectivity index (χ4n) is 4.22. The van der Waals surface area contributed by atoms with E-state index in [0.717, 1.165) is 11.3 Å². The van der Waals surface area contributed by atoms with Crippen molar-refractivity contribution >= 4 is 0 Å². The van der Waals surface area contributed by atoms with E-state index < -0.39 is 0 Å². The minimum atomic E-state index is 0.906. The maximum atomic E-state index is 1.62. The molecule has 0 amide bonds. The highest BCUT2D eigenvalue weighted by atomic mass is 14.6. The van der Waals surface area contributed by atoms with E-state index in [4.69, 9.17) is 0 Å². The second-order valence-corrected chi connectivity index (χ2v) is 5.15. The molecule has 3 unspecified atom stereocenters. The quantitative estimate of drug-likeness (QED) is 0.496. The SMILES string of the molecule is C1CCC23CCC(CC2C1)C3. The van der Waals surface area contributed by atoms with Crippen molar-refractivity contribution in [3.05, 3.63) is 0 Å². The summed E-state index contributed by atoms with van der Waals surface area (Å²) >= 11 is 0. The van der Waals surface area contributed by atoms with Crippen molar-refractivity contribution in [2.24, 2.45) is 17.3 Å². The first kappa shape index (κ1) is 6.51. The molecule has 3 saturated carbocycles. The summed E-state index contributed by atoms with van der Waals surface area (Å²) in [6.07, 6.45) is 12.7. The number of hydrogen-bond acceptors (Lipinski definition) is 0. The number of rotatable bonds is 0. The van der Waals surface area contributed by atoms with Crippen molar-refractivity contribution in [1.82, 2.24) is 0 Å². The van der Waals surface area contributed by atoms with Crippen molar-refractivity contribution in [1.29, 1.82) is 0 Å². The molecule has 0 heterocycles. The van der Waals surface area contributed by atoms with E-state index in [1.54, 1.807) is 51.4 Å². The summed E-state index contributed by atoms with van der Waals surface area (Å²) in [6.45, 7) is 0. The molecule has 0 heteroatoms. The zero-order valence-corrected chi connectivity index (χ0v) is 7.31. The van der Waals surface area contributed by atoms with Gasteiger partial charge in [0.2, 0.25) is 0 Å². The van der Waals surface area contributed by atoms with Crippen LogP contribution >= 0.6 is 0 Å². The Morgan fingerprint density at radius 1 is 1.00 bits per heavy atom. The van der Waals surface area contributed by atoms with E-state index in [2.05, 4.69) is 0 Å². The van der Waals surface area contributed by atoms with Gasteiger partial charge >= 0.3 is 0 Å². The molecule has 3 aliphatic carbocycles. The molecular weight excluding hydrogens is 132 g/mol. The molecule has 1 spiro atoms. The normalized spacial score (nSPS) is 54.5. The first-order chi connectivity index (χ1) is 5.39. The molecule has 3 fully saturated rings. The van der Waals surface area contributed by atoms with Crippen LogP contribution < -0.4 is 0 Å². The summed E-state index contributed by atoms with van der Waals surface area (Å²) in [4.78, 5) is 0. The Morgan fingerprint density at radius 3 is 2.82 bits per heavy atom. The van der Waals surface area contributed by atoms with Crippen LogP contribution in [0.3, 0.4) is 0 Å². The van der Waals surface area contributed by atoms with Crippen LogP contribution in [0.2, 0.25) is 0 Å². The molecule has 3 atom stereocenters. The largest absolute Gasteiger partial charge is 0.0530 e. The molecule has 0 nitrogen and oxygen atoms in total. The Kier molecular flexibility index (Phi) is 1.20. The van der Waals surface area contributed by atoms with Gasteiger partial charge in [-0.15, -0.1) is 0 Å². The molecular formula is C11H18. The van der Waals surface area contributed by atoms with Gasteiger partial charge < -0.3 is 0 Å². The van der Waals surface area contributed by atoms with Crippen LogP contribution in [0.1, 0.15) is 51.4 Å². The number of hydrogen-bond donors (Lipinski definition) is 0. The molecule has 0 aliphatic heterocycles. The first-order valence-electron chi connectivity index (χ1n) is 5.39. The second kappa shape index (κ2) is 2.02. The van der Waals surface area contributed by atoms with E-state index >= 15 is 0 Å². The smallest absolute Gasteiger partial charge is 0.0266 e. The van der Waals surface area contributed by atoms with Gasteiger partial charge in [-0.25, -0.2) is 0 Å². The predicted octanol–water partition coefficient (Wildman–Crippen LogP) is 3.37. The maximum Gasteiger partial charge on any atom is -0.0266 e. The molecule has 11 heavy (non-hydrogen) atoms. The third kappa shape index (κ3) is 0.761. The Bertz CT molecular complexity index is 173. The van der Waals surface area contributed by atoms with Crippen molar-refractivity contribution in [2.45, 2.75) is 51.4 Å². The van der Waals surface area contributed by atoms with Gasteiger partial charge in [0.25, 0.3) is 0 Å². The van der Waals surface area contributed by atoms with Crippen LogP contribution in [-0.2, 0) is 0 Å². The summed E-state index contributed by atoms with van der Waals surface area (Å²) < 4.78 is 0. The average molecular weight is 150 g/mol. The maximum absolute atomic E-state index is 1.62. The van der Waals surface area contributed by atoms with Crippen molar-refractivity contribution in [3.63, 3.8) is 0 Å². The van der Waals surface area contributed by atoms with Gasteiger partial charge in [0.1, 0.15) is 0 Å². The van der Waals surface area contributed by atoms with E-state index in [0.29, 0.717) is 0 Å². The Labute approximate surface area is 69.4 Å². The second-order valence-electron chi connectivity index (χ2n) is 5.15. The first-order valence-corrected chi connectivity index (χ1v) is 5.39. The van der Waals surface area contributed by atoms with Gasteiger partial charge in [0.05, 0.1) is 0 Å². The lowest BCUT2D eigenvalue weighted by molar-refractivity contribution is 0.119. The predicted molar refractivity (Wildman–Crippen MR) is 46.3 cm³/mol. The molecule has 3 aliphatic rings. The Morgan fingerprint density at radius 2 is 2.00 bits per heavy atom. The van der Waals surface area contributed by atoms with Crippen LogP contribution in [0.5, 0.6) is 0 Å². The molecule has 0 saturated heterocycles. The van der Waals surface area contributed by atoms with Crippen LogP contribution in [0, 0.1) is 17.3 Å². The zero-order chi connectivity index (χ0) is 7.31. The van der Waals surface area contributed by atoms with E-state index in [1.807, 2.05) is 0 Å². The molecule has 0 N–H and O–H groups in total. The van der Waals surface area contributed by atoms with Crippen LogP contribution in [0.25, 0.3) is 0 Å². The molecule has 2 bridgehead atoms. The average Bonchev–Trinajstić information content (AvgIpc) is 2.57. The highest BCUT2D eigenvalue weighted by Gasteiger charge is 2.51. The third-order valence-corrected chi connectivity index (χ3v) is 4.71. The monoisotopic (exact) mass is 150 g/mol. The van der Waals surface area contributed by atoms with Gasteiger partial charge in [-0.1, -0.05) is 12.8 Å². The van der Waals surface area contributed by atoms with Crippen LogP contribution in [0.15, 0.2) is 0 Å². The van der Waals surface area contributed by atoms with Crippen molar-refractivity contribution in [2.75, 3.05) is 0 Å². The summed E-state index contributed by atoms with van der Waals surface area (Å²) in [5.41, 5.74) is 0.906. The standard InChI is InChI=1S/C11H18/c1-2-5-11-6-4-9(8-11)7-10(11)3-1/h9-10H,1-8H2. The molecule has 0 aromatic carbocycles. The zero-order valence-electron chi connectivity index (χ0n) is 7.31. The topological polar surface area (TPSA) is 0 Å². The summed E-state index contributed by atoms with van der Waals surface area (Å²) in [5.74, 6) is 2.34. The third-order valence-electron chi connectivity index (χ3n) is 4.71. The van der Waals surface area contributed by atoms with Crippen LogP contribution in [0.4, 0.5) is 0 Å². The molecule has 0 aromatic heterocycles. The number of fused-ring (bicyclic) bond motifs is 1. The summed E-state index contributed by atoms with van der Waals surface area (Å²) in [6, 6.07) is 0. The molecule has 3 rings (SSSR count). The van der Waals surface area contributed by atoms with Gasteiger partial charge in [0, 0.05) is 0 Å². The van der Waals surface area contributed by atoms with Gasteiger partial charge in [-0.05, 0) is 55.8 Å². The van der Waals surface area contributed by atoms with Gasteiger partial charge in [-0.3, -0.25) is 0 Å². The molecule has 0 radical (unpaired) electrons. The highest BCUT2D eigenvalue weighted by Crippen LogP contribution is 2.63. The van der Waals surface area contributed by atoms with Gasteiger partial charge in [-0.2, -0.15) is 0 Å². The van der Waals surface area contributed by atoms with Crippen molar-refractivity contribution in [3.8, 4) is 0 Å². The van der Waals surface area contributed by atoms with E-state index in [9.17, 15) is 0 Å². The van der Waals surface area contributed by atoms with E-state index in [1.165, 1.54) is 5.92 Å². The van der Waals surface area contributed by atoms with E-state index in [-0.39, 0.29) is 0 Å². The Hall–Kier alpha value is 0. The minimum absolute atomic E-state index is 0.906. The minimum Gasteiger partial charge on any atom is -0.0530 e. The summed E-state index contributed by atoms with van der Waals surface area (Å²) in [7, 11) is 0. The molecule has 62 valence electrons. The molecule has 0 aromatic rings. The highest BCUT2D eigenvalue weighted by molar-refractivity contribution is 5.02. The fourth-order valence-corrected chi connectivity index (χ4v) is 4.22. The lowest BCUT2D eigenvalue weighted by atomic mass is 9.66. The van der Waals surface area contributed by atoms with Crippen LogP contribution in [-0.4, -0.2) is 0 Å².